The van der Waals surface area contributed by atoms with Crippen LogP contribution >= 0.6 is 0 Å². The highest BCUT2D eigenvalue weighted by atomic mass is 15.2. The van der Waals surface area contributed by atoms with Gasteiger partial charge in [-0.25, -0.2) is 0 Å². The van der Waals surface area contributed by atoms with E-state index in [1.807, 2.05) is 0 Å². The quantitative estimate of drug-likeness (QED) is 0.723. The third-order valence-electron chi connectivity index (χ3n) is 3.48. The van der Waals surface area contributed by atoms with Crippen LogP contribution in [0.3, 0.4) is 0 Å². The first-order valence-electron chi connectivity index (χ1n) is 5.59. The molecule has 2 N–H and O–H groups in total. The lowest BCUT2D eigenvalue weighted by molar-refractivity contribution is 0.125. The molecule has 1 heterocycles. The minimum absolute atomic E-state index is 0.577. The van der Waals surface area contributed by atoms with E-state index in [0.29, 0.717) is 6.04 Å². The largest absolute Gasteiger partial charge is 0.329 e. The highest BCUT2D eigenvalue weighted by Crippen LogP contribution is 2.25. The van der Waals surface area contributed by atoms with Crippen molar-refractivity contribution < 1.29 is 0 Å². The molecule has 0 aromatic carbocycles. The summed E-state index contributed by atoms with van der Waals surface area (Å²) in [6, 6.07) is 0.577. The number of hydrogen-bond donors (Lipinski definition) is 1. The van der Waals surface area contributed by atoms with Crippen molar-refractivity contribution in [1.82, 2.24) is 4.90 Å². The monoisotopic (exact) mass is 184 g/mol. The van der Waals surface area contributed by atoms with Gasteiger partial charge in [-0.1, -0.05) is 13.8 Å². The molecule has 0 aromatic rings. The predicted molar refractivity (Wildman–Crippen MR) is 57.7 cm³/mol. The van der Waals surface area contributed by atoms with Crippen LogP contribution in [-0.4, -0.2) is 30.6 Å². The molecule has 2 heteroatoms. The fourth-order valence-electron chi connectivity index (χ4n) is 2.18. The van der Waals surface area contributed by atoms with E-state index in [4.69, 9.17) is 5.73 Å². The number of nitrogens with two attached hydrogens (primary N) is 1. The zero-order valence-corrected chi connectivity index (χ0v) is 9.29. The summed E-state index contributed by atoms with van der Waals surface area (Å²) in [6.07, 6.45) is 2.73. The van der Waals surface area contributed by atoms with Crippen LogP contribution in [0.25, 0.3) is 0 Å². The Morgan fingerprint density at radius 3 is 2.15 bits per heavy atom. The van der Waals surface area contributed by atoms with Crippen molar-refractivity contribution in [2.45, 2.75) is 39.7 Å². The maximum Gasteiger partial charge on any atom is 0.0190 e. The fourth-order valence-corrected chi connectivity index (χ4v) is 2.18. The van der Waals surface area contributed by atoms with Crippen molar-refractivity contribution in [2.24, 2.45) is 17.6 Å². The lowest BCUT2D eigenvalue weighted by Gasteiger charge is -2.37. The summed E-state index contributed by atoms with van der Waals surface area (Å²) in [5.41, 5.74) is 5.66. The smallest absolute Gasteiger partial charge is 0.0190 e. The normalized spacial score (nSPS) is 23.8. The second kappa shape index (κ2) is 4.97. The van der Waals surface area contributed by atoms with Crippen molar-refractivity contribution in [3.8, 4) is 0 Å². The van der Waals surface area contributed by atoms with Crippen LogP contribution in [0.5, 0.6) is 0 Å². The molecular formula is C11H24N2. The molecule has 1 unspecified atom stereocenters. The Morgan fingerprint density at radius 2 is 1.77 bits per heavy atom. The van der Waals surface area contributed by atoms with Gasteiger partial charge in [0.2, 0.25) is 0 Å². The molecule has 1 aliphatic rings. The van der Waals surface area contributed by atoms with Crippen LogP contribution in [0.15, 0.2) is 0 Å². The number of likely N-dealkylation sites (tertiary alicyclic amines) is 1. The molecule has 1 atom stereocenters. The van der Waals surface area contributed by atoms with E-state index < -0.39 is 0 Å². The molecule has 0 aliphatic carbocycles. The minimum Gasteiger partial charge on any atom is -0.329 e. The first-order chi connectivity index (χ1) is 6.15. The maximum atomic E-state index is 5.66. The highest BCUT2D eigenvalue weighted by Gasteiger charge is 2.23. The maximum absolute atomic E-state index is 5.66. The second-order valence-electron chi connectivity index (χ2n) is 4.70. The summed E-state index contributed by atoms with van der Waals surface area (Å²) in [6.45, 7) is 10.2. The number of hydrogen-bond acceptors (Lipinski definition) is 2. The fraction of sp³-hybridized carbons (Fsp3) is 1.00. The summed E-state index contributed by atoms with van der Waals surface area (Å²) in [4.78, 5) is 2.53. The third-order valence-corrected chi connectivity index (χ3v) is 3.48. The summed E-state index contributed by atoms with van der Waals surface area (Å²) in [5.74, 6) is 1.80. The summed E-state index contributed by atoms with van der Waals surface area (Å²) in [5, 5.41) is 0. The minimum atomic E-state index is 0.577. The lowest BCUT2D eigenvalue weighted by atomic mass is 9.86. The molecule has 1 saturated heterocycles. The molecule has 0 radical (unpaired) electrons. The highest BCUT2D eigenvalue weighted by molar-refractivity contribution is 4.77. The predicted octanol–water partition coefficient (Wildman–Crippen LogP) is 1.70. The van der Waals surface area contributed by atoms with Crippen LogP contribution in [0, 0.1) is 11.8 Å². The average molecular weight is 184 g/mol. The van der Waals surface area contributed by atoms with Gasteiger partial charge in [-0.05, 0) is 44.7 Å². The van der Waals surface area contributed by atoms with Gasteiger partial charge in [0, 0.05) is 12.6 Å². The van der Waals surface area contributed by atoms with Crippen molar-refractivity contribution in [3.63, 3.8) is 0 Å². The summed E-state index contributed by atoms with van der Waals surface area (Å²) < 4.78 is 0. The zero-order valence-electron chi connectivity index (χ0n) is 9.29. The van der Waals surface area contributed by atoms with Crippen LogP contribution in [0.4, 0.5) is 0 Å². The number of piperidine rings is 1. The molecule has 1 aliphatic heterocycles. The molecule has 0 amide bonds. The molecule has 0 bridgehead atoms. The molecular weight excluding hydrogens is 160 g/mol. The Bertz CT molecular complexity index is 137. The van der Waals surface area contributed by atoms with E-state index in [0.717, 1.165) is 18.4 Å². The van der Waals surface area contributed by atoms with Crippen molar-refractivity contribution in [3.05, 3.63) is 0 Å². The Hall–Kier alpha value is -0.0800. The van der Waals surface area contributed by atoms with Crippen LogP contribution in [0.2, 0.25) is 0 Å². The Balaban J connectivity index is 2.30. The van der Waals surface area contributed by atoms with Gasteiger partial charge in [-0.3, -0.25) is 4.90 Å². The third kappa shape index (κ3) is 2.96. The van der Waals surface area contributed by atoms with E-state index in [9.17, 15) is 0 Å². The van der Waals surface area contributed by atoms with Crippen LogP contribution < -0.4 is 5.73 Å². The van der Waals surface area contributed by atoms with Gasteiger partial charge in [0.1, 0.15) is 0 Å². The first-order valence-corrected chi connectivity index (χ1v) is 5.59. The van der Waals surface area contributed by atoms with E-state index in [1.54, 1.807) is 0 Å². The molecule has 1 rings (SSSR count). The lowest BCUT2D eigenvalue weighted by Crippen LogP contribution is -2.44. The van der Waals surface area contributed by atoms with Crippen LogP contribution in [-0.2, 0) is 0 Å². The van der Waals surface area contributed by atoms with Gasteiger partial charge in [-0.15, -0.1) is 0 Å². The van der Waals surface area contributed by atoms with Gasteiger partial charge in [0.25, 0.3) is 0 Å². The van der Waals surface area contributed by atoms with Crippen molar-refractivity contribution in [1.29, 1.82) is 0 Å². The molecule has 0 saturated carbocycles. The Morgan fingerprint density at radius 1 is 1.23 bits per heavy atom. The molecule has 13 heavy (non-hydrogen) atoms. The topological polar surface area (TPSA) is 29.3 Å². The Labute approximate surface area is 82.5 Å². The van der Waals surface area contributed by atoms with Crippen LogP contribution in [0.1, 0.15) is 33.6 Å². The zero-order chi connectivity index (χ0) is 9.84. The van der Waals surface area contributed by atoms with Gasteiger partial charge >= 0.3 is 0 Å². The second-order valence-corrected chi connectivity index (χ2v) is 4.70. The van der Waals surface area contributed by atoms with Crippen molar-refractivity contribution >= 4 is 0 Å². The summed E-state index contributed by atoms with van der Waals surface area (Å²) in [7, 11) is 0. The number of rotatable bonds is 3. The summed E-state index contributed by atoms with van der Waals surface area (Å²) >= 11 is 0. The standard InChI is InChI=1S/C11H24N2/c1-9(2)11-4-6-13(7-5-11)10(3)8-12/h9-11H,4-8,12H2,1-3H3. The van der Waals surface area contributed by atoms with Crippen molar-refractivity contribution in [2.75, 3.05) is 19.6 Å². The van der Waals surface area contributed by atoms with Gasteiger partial charge < -0.3 is 5.73 Å². The Kier molecular flexibility index (Phi) is 4.20. The molecule has 0 aromatic heterocycles. The number of nitrogens with zero attached hydrogens (tertiary/aromatic N) is 1. The average Bonchev–Trinajstić information content (AvgIpc) is 2.17. The van der Waals surface area contributed by atoms with E-state index in [2.05, 4.69) is 25.7 Å². The molecule has 0 spiro atoms. The first kappa shape index (κ1) is 11.0. The van der Waals surface area contributed by atoms with E-state index in [-0.39, 0.29) is 0 Å². The molecule has 1 fully saturated rings. The molecule has 78 valence electrons. The van der Waals surface area contributed by atoms with Gasteiger partial charge in [0.05, 0.1) is 0 Å². The van der Waals surface area contributed by atoms with Gasteiger partial charge in [0.15, 0.2) is 0 Å². The van der Waals surface area contributed by atoms with Gasteiger partial charge in [-0.2, -0.15) is 0 Å². The SMILES string of the molecule is CC(C)C1CCN(C(C)CN)CC1. The van der Waals surface area contributed by atoms with E-state index >= 15 is 0 Å². The molecule has 2 nitrogen and oxygen atoms in total. The van der Waals surface area contributed by atoms with E-state index in [1.165, 1.54) is 25.9 Å².